The van der Waals surface area contributed by atoms with Crippen molar-refractivity contribution in [1.29, 1.82) is 5.26 Å². The van der Waals surface area contributed by atoms with Gasteiger partial charge in [0.05, 0.1) is 16.8 Å². The van der Waals surface area contributed by atoms with Gasteiger partial charge in [0.25, 0.3) is 0 Å². The van der Waals surface area contributed by atoms with Crippen LogP contribution in [0.3, 0.4) is 0 Å². The van der Waals surface area contributed by atoms with Crippen molar-refractivity contribution in [2.24, 2.45) is 7.05 Å². The standard InChI is InChI=1S/C8H7N5/c1-13-8-3-6(10)5(4-9)2-7(8)11-12-13/h2-3H,10H2,1H3. The molecule has 2 aromatic rings. The highest BCUT2D eigenvalue weighted by Crippen LogP contribution is 2.18. The summed E-state index contributed by atoms with van der Waals surface area (Å²) in [5.41, 5.74) is 8.05. The van der Waals surface area contributed by atoms with Crippen LogP contribution in [0.25, 0.3) is 11.0 Å². The summed E-state index contributed by atoms with van der Waals surface area (Å²) < 4.78 is 1.62. The fourth-order valence-electron chi connectivity index (χ4n) is 1.19. The zero-order valence-corrected chi connectivity index (χ0v) is 7.02. The molecule has 0 bridgehead atoms. The monoisotopic (exact) mass is 173 g/mol. The van der Waals surface area contributed by atoms with Gasteiger partial charge in [-0.3, -0.25) is 0 Å². The Labute approximate surface area is 74.4 Å². The smallest absolute Gasteiger partial charge is 0.114 e. The first-order valence-electron chi connectivity index (χ1n) is 3.71. The topological polar surface area (TPSA) is 80.5 Å². The lowest BCUT2D eigenvalue weighted by molar-refractivity contribution is 0.736. The fraction of sp³-hybridized carbons (Fsp3) is 0.125. The molecule has 5 nitrogen and oxygen atoms in total. The van der Waals surface area contributed by atoms with E-state index in [1.165, 1.54) is 0 Å². The van der Waals surface area contributed by atoms with Crippen LogP contribution in [-0.4, -0.2) is 15.0 Å². The average molecular weight is 173 g/mol. The van der Waals surface area contributed by atoms with E-state index >= 15 is 0 Å². The Morgan fingerprint density at radius 2 is 2.31 bits per heavy atom. The summed E-state index contributed by atoms with van der Waals surface area (Å²) in [4.78, 5) is 0. The number of benzene rings is 1. The molecule has 64 valence electrons. The first-order chi connectivity index (χ1) is 6.22. The zero-order chi connectivity index (χ0) is 9.42. The molecule has 0 fully saturated rings. The molecule has 0 aliphatic heterocycles. The minimum absolute atomic E-state index is 0.438. The van der Waals surface area contributed by atoms with Gasteiger partial charge in [-0.1, -0.05) is 5.21 Å². The molecule has 0 spiro atoms. The van der Waals surface area contributed by atoms with Crippen LogP contribution in [0.15, 0.2) is 12.1 Å². The maximum absolute atomic E-state index is 8.70. The molecule has 0 saturated carbocycles. The van der Waals surface area contributed by atoms with Gasteiger partial charge in [0.2, 0.25) is 0 Å². The van der Waals surface area contributed by atoms with Crippen molar-refractivity contribution in [1.82, 2.24) is 15.0 Å². The molecule has 1 heterocycles. The second-order valence-electron chi connectivity index (χ2n) is 2.75. The van der Waals surface area contributed by atoms with E-state index in [0.717, 1.165) is 5.52 Å². The molecule has 2 rings (SSSR count). The van der Waals surface area contributed by atoms with Gasteiger partial charge in [0.15, 0.2) is 0 Å². The van der Waals surface area contributed by atoms with Gasteiger partial charge in [-0.2, -0.15) is 5.26 Å². The number of hydrogen-bond acceptors (Lipinski definition) is 4. The molecule has 2 N–H and O–H groups in total. The van der Waals surface area contributed by atoms with Crippen LogP contribution in [0.1, 0.15) is 5.56 Å². The lowest BCUT2D eigenvalue weighted by Crippen LogP contribution is -1.93. The van der Waals surface area contributed by atoms with Gasteiger partial charge < -0.3 is 5.73 Å². The van der Waals surface area contributed by atoms with Crippen LogP contribution in [0.4, 0.5) is 5.69 Å². The quantitative estimate of drug-likeness (QED) is 0.585. The van der Waals surface area contributed by atoms with Gasteiger partial charge in [-0.15, -0.1) is 5.10 Å². The number of nitrogens with two attached hydrogens (primary N) is 1. The Morgan fingerprint density at radius 1 is 1.54 bits per heavy atom. The summed E-state index contributed by atoms with van der Waals surface area (Å²) in [6, 6.07) is 5.33. The molecule has 0 aliphatic carbocycles. The maximum Gasteiger partial charge on any atom is 0.114 e. The molecule has 1 aromatic carbocycles. The highest BCUT2D eigenvalue weighted by Gasteiger charge is 2.05. The summed E-state index contributed by atoms with van der Waals surface area (Å²) in [5.74, 6) is 0. The van der Waals surface area contributed by atoms with Crippen LogP contribution >= 0.6 is 0 Å². The van der Waals surface area contributed by atoms with E-state index in [0.29, 0.717) is 16.8 Å². The number of aromatic nitrogens is 3. The summed E-state index contributed by atoms with van der Waals surface area (Å²) in [6.45, 7) is 0. The number of aryl methyl sites for hydroxylation is 1. The number of anilines is 1. The zero-order valence-electron chi connectivity index (χ0n) is 7.02. The molecule has 0 atom stereocenters. The minimum atomic E-state index is 0.438. The first kappa shape index (κ1) is 7.55. The fourth-order valence-corrected chi connectivity index (χ4v) is 1.19. The number of nitriles is 1. The number of rotatable bonds is 0. The van der Waals surface area contributed by atoms with Crippen LogP contribution in [-0.2, 0) is 7.05 Å². The summed E-state index contributed by atoms with van der Waals surface area (Å²) in [7, 11) is 1.78. The van der Waals surface area contributed by atoms with Crippen molar-refractivity contribution in [3.05, 3.63) is 17.7 Å². The summed E-state index contributed by atoms with van der Waals surface area (Å²) in [5, 5.41) is 16.4. The Hall–Kier alpha value is -2.09. The van der Waals surface area contributed by atoms with E-state index in [-0.39, 0.29) is 0 Å². The average Bonchev–Trinajstić information content (AvgIpc) is 2.47. The molecular formula is C8H7N5. The van der Waals surface area contributed by atoms with Gasteiger partial charge in [-0.05, 0) is 12.1 Å². The predicted octanol–water partition coefficient (Wildman–Crippen LogP) is 0.422. The van der Waals surface area contributed by atoms with Gasteiger partial charge >= 0.3 is 0 Å². The normalized spacial score (nSPS) is 10.2. The summed E-state index contributed by atoms with van der Waals surface area (Å²) in [6.07, 6.45) is 0. The number of nitrogens with zero attached hydrogens (tertiary/aromatic N) is 4. The SMILES string of the molecule is Cn1nnc2cc(C#N)c(N)cc21. The maximum atomic E-state index is 8.70. The van der Waals surface area contributed by atoms with Crippen molar-refractivity contribution >= 4 is 16.7 Å². The van der Waals surface area contributed by atoms with Gasteiger partial charge in [0, 0.05) is 7.05 Å². The third-order valence-electron chi connectivity index (χ3n) is 1.90. The van der Waals surface area contributed by atoms with Crippen LogP contribution in [0, 0.1) is 11.3 Å². The largest absolute Gasteiger partial charge is 0.398 e. The van der Waals surface area contributed by atoms with E-state index < -0.39 is 0 Å². The molecule has 0 saturated heterocycles. The van der Waals surface area contributed by atoms with Gasteiger partial charge in [0.1, 0.15) is 11.6 Å². The second-order valence-corrected chi connectivity index (χ2v) is 2.75. The molecule has 0 amide bonds. The summed E-state index contributed by atoms with van der Waals surface area (Å²) >= 11 is 0. The lowest BCUT2D eigenvalue weighted by Gasteiger charge is -1.96. The number of fused-ring (bicyclic) bond motifs is 1. The van der Waals surface area contributed by atoms with Crippen molar-refractivity contribution in [3.63, 3.8) is 0 Å². The second kappa shape index (κ2) is 2.45. The Kier molecular flexibility index (Phi) is 1.43. The number of hydrogen-bond donors (Lipinski definition) is 1. The Bertz CT molecular complexity index is 505. The van der Waals surface area contributed by atoms with Gasteiger partial charge in [-0.25, -0.2) is 4.68 Å². The van der Waals surface area contributed by atoms with Crippen molar-refractivity contribution < 1.29 is 0 Å². The third-order valence-corrected chi connectivity index (χ3v) is 1.90. The minimum Gasteiger partial charge on any atom is -0.398 e. The van der Waals surface area contributed by atoms with Crippen molar-refractivity contribution in [2.45, 2.75) is 0 Å². The molecule has 0 radical (unpaired) electrons. The molecule has 13 heavy (non-hydrogen) atoms. The predicted molar refractivity (Wildman–Crippen MR) is 47.6 cm³/mol. The van der Waals surface area contributed by atoms with E-state index in [1.807, 2.05) is 6.07 Å². The Balaban J connectivity index is 2.85. The van der Waals surface area contributed by atoms with E-state index in [4.69, 9.17) is 11.0 Å². The molecule has 0 unspecified atom stereocenters. The first-order valence-corrected chi connectivity index (χ1v) is 3.71. The number of nitrogen functional groups attached to an aromatic ring is 1. The van der Waals surface area contributed by atoms with Crippen LogP contribution in [0.5, 0.6) is 0 Å². The van der Waals surface area contributed by atoms with E-state index in [2.05, 4.69) is 10.3 Å². The van der Waals surface area contributed by atoms with Crippen molar-refractivity contribution in [2.75, 3.05) is 5.73 Å². The lowest BCUT2D eigenvalue weighted by atomic mass is 10.2. The Morgan fingerprint density at radius 3 is 3.00 bits per heavy atom. The van der Waals surface area contributed by atoms with Crippen molar-refractivity contribution in [3.8, 4) is 6.07 Å². The molecule has 0 aliphatic rings. The highest BCUT2D eigenvalue weighted by molar-refractivity contribution is 5.81. The van der Waals surface area contributed by atoms with Crippen LogP contribution in [0.2, 0.25) is 0 Å². The molecule has 1 aromatic heterocycles. The van der Waals surface area contributed by atoms with Crippen LogP contribution < -0.4 is 5.73 Å². The van der Waals surface area contributed by atoms with E-state index in [9.17, 15) is 0 Å². The molecule has 5 heteroatoms. The third kappa shape index (κ3) is 0.999. The van der Waals surface area contributed by atoms with E-state index in [1.54, 1.807) is 23.9 Å². The molecular weight excluding hydrogens is 166 g/mol. The highest BCUT2D eigenvalue weighted by atomic mass is 15.4.